The average Bonchev–Trinajstić information content (AvgIpc) is 2.24. The predicted octanol–water partition coefficient (Wildman–Crippen LogP) is 1.53. The Labute approximate surface area is 108 Å². The van der Waals surface area contributed by atoms with Gasteiger partial charge in [-0.1, -0.05) is 29.3 Å². The molecule has 1 unspecified atom stereocenters. The first-order valence-corrected chi connectivity index (χ1v) is 6.23. The minimum atomic E-state index is -0.235. The quantitative estimate of drug-likeness (QED) is 0.742. The average molecular weight is 250 g/mol. The van der Waals surface area contributed by atoms with Gasteiger partial charge in [-0.3, -0.25) is 0 Å². The van der Waals surface area contributed by atoms with Crippen molar-refractivity contribution >= 4 is 6.03 Å². The van der Waals surface area contributed by atoms with Crippen molar-refractivity contribution in [2.24, 2.45) is 0 Å². The van der Waals surface area contributed by atoms with E-state index >= 15 is 0 Å². The predicted molar refractivity (Wildman–Crippen MR) is 72.7 cm³/mol. The van der Waals surface area contributed by atoms with Crippen molar-refractivity contribution in [3.8, 4) is 0 Å². The maximum absolute atomic E-state index is 11.4. The highest BCUT2D eigenvalue weighted by Crippen LogP contribution is 2.10. The van der Waals surface area contributed by atoms with Crippen molar-refractivity contribution in [1.82, 2.24) is 10.6 Å². The Morgan fingerprint density at radius 1 is 1.28 bits per heavy atom. The van der Waals surface area contributed by atoms with Crippen molar-refractivity contribution in [3.63, 3.8) is 0 Å². The minimum Gasteiger partial charge on any atom is -0.395 e. The summed E-state index contributed by atoms with van der Waals surface area (Å²) in [7, 11) is 0. The van der Waals surface area contributed by atoms with Crippen LogP contribution in [0.15, 0.2) is 18.2 Å². The van der Waals surface area contributed by atoms with E-state index in [1.165, 1.54) is 16.7 Å². The summed E-state index contributed by atoms with van der Waals surface area (Å²) in [4.78, 5) is 11.4. The summed E-state index contributed by atoms with van der Waals surface area (Å²) in [6.45, 7) is 6.35. The monoisotopic (exact) mass is 250 g/mol. The van der Waals surface area contributed by atoms with Gasteiger partial charge in [-0.25, -0.2) is 4.79 Å². The van der Waals surface area contributed by atoms with Crippen molar-refractivity contribution < 1.29 is 9.90 Å². The van der Waals surface area contributed by atoms with Crippen molar-refractivity contribution in [1.29, 1.82) is 0 Å². The molecule has 2 amide bonds. The molecule has 0 spiro atoms. The molecule has 0 radical (unpaired) electrons. The zero-order valence-electron chi connectivity index (χ0n) is 11.3. The lowest BCUT2D eigenvalue weighted by Crippen LogP contribution is -2.42. The van der Waals surface area contributed by atoms with Crippen LogP contribution >= 0.6 is 0 Å². The topological polar surface area (TPSA) is 61.4 Å². The molecule has 1 aromatic rings. The van der Waals surface area contributed by atoms with Crippen molar-refractivity contribution in [2.75, 3.05) is 13.2 Å². The number of aliphatic hydroxyl groups is 1. The van der Waals surface area contributed by atoms with E-state index in [0.29, 0.717) is 0 Å². The first-order chi connectivity index (χ1) is 8.51. The highest BCUT2D eigenvalue weighted by Gasteiger charge is 2.07. The fourth-order valence-corrected chi connectivity index (χ4v) is 2.04. The molecule has 18 heavy (non-hydrogen) atoms. The van der Waals surface area contributed by atoms with Crippen molar-refractivity contribution in [3.05, 3.63) is 34.9 Å². The van der Waals surface area contributed by atoms with E-state index in [-0.39, 0.29) is 25.2 Å². The molecule has 1 atom stereocenters. The maximum Gasteiger partial charge on any atom is 0.315 e. The third-order valence-electron chi connectivity index (χ3n) is 2.60. The van der Waals surface area contributed by atoms with Gasteiger partial charge in [0.05, 0.1) is 6.61 Å². The van der Waals surface area contributed by atoms with E-state index in [2.05, 4.69) is 42.7 Å². The van der Waals surface area contributed by atoms with Crippen LogP contribution in [0.5, 0.6) is 0 Å². The second-order valence-electron chi connectivity index (χ2n) is 4.72. The van der Waals surface area contributed by atoms with E-state index < -0.39 is 0 Å². The van der Waals surface area contributed by atoms with Gasteiger partial charge in [-0.05, 0) is 32.8 Å². The second-order valence-corrected chi connectivity index (χ2v) is 4.72. The number of hydrogen-bond donors (Lipinski definition) is 3. The van der Waals surface area contributed by atoms with E-state index in [1.54, 1.807) is 0 Å². The zero-order valence-corrected chi connectivity index (χ0v) is 11.3. The van der Waals surface area contributed by atoms with Gasteiger partial charge >= 0.3 is 6.03 Å². The number of benzene rings is 1. The fourth-order valence-electron chi connectivity index (χ4n) is 2.04. The Balaban J connectivity index is 2.48. The fraction of sp³-hybridized carbons (Fsp3) is 0.500. The number of hydrogen-bond acceptors (Lipinski definition) is 2. The molecule has 4 nitrogen and oxygen atoms in total. The second kappa shape index (κ2) is 7.01. The number of rotatable bonds is 5. The molecule has 0 fully saturated rings. The lowest BCUT2D eigenvalue weighted by Gasteiger charge is -2.15. The van der Waals surface area contributed by atoms with Crippen LogP contribution in [0.3, 0.4) is 0 Å². The summed E-state index contributed by atoms with van der Waals surface area (Å²) in [6.07, 6.45) is 0.801. The van der Waals surface area contributed by atoms with E-state index in [0.717, 1.165) is 6.42 Å². The molecule has 3 N–H and O–H groups in total. The lowest BCUT2D eigenvalue weighted by molar-refractivity contribution is 0.231. The van der Waals surface area contributed by atoms with E-state index in [9.17, 15) is 4.79 Å². The normalized spacial score (nSPS) is 12.0. The summed E-state index contributed by atoms with van der Waals surface area (Å²) in [5.41, 5.74) is 3.70. The molecule has 0 saturated carbocycles. The van der Waals surface area contributed by atoms with Crippen LogP contribution in [0, 0.1) is 13.8 Å². The van der Waals surface area contributed by atoms with Crippen LogP contribution in [0.25, 0.3) is 0 Å². The van der Waals surface area contributed by atoms with Gasteiger partial charge in [-0.2, -0.15) is 0 Å². The first-order valence-electron chi connectivity index (χ1n) is 6.23. The molecule has 100 valence electrons. The first kappa shape index (κ1) is 14.5. The maximum atomic E-state index is 11.4. The number of nitrogens with one attached hydrogen (secondary N) is 2. The number of carbonyl (C=O) groups excluding carboxylic acids is 1. The smallest absolute Gasteiger partial charge is 0.315 e. The number of aliphatic hydroxyl groups excluding tert-OH is 1. The van der Waals surface area contributed by atoms with Gasteiger partial charge in [0.2, 0.25) is 0 Å². The Kier molecular flexibility index (Phi) is 5.65. The number of aryl methyl sites for hydroxylation is 2. The molecule has 4 heteroatoms. The Morgan fingerprint density at radius 2 is 1.89 bits per heavy atom. The lowest BCUT2D eigenvalue weighted by atomic mass is 10.0. The molecule has 0 aliphatic carbocycles. The van der Waals surface area contributed by atoms with Gasteiger partial charge < -0.3 is 15.7 Å². The number of carbonyl (C=O) groups is 1. The minimum absolute atomic E-state index is 0.0428. The highest BCUT2D eigenvalue weighted by molar-refractivity contribution is 5.74. The Bertz CT molecular complexity index is 385. The third kappa shape index (κ3) is 5.19. The molecule has 1 rings (SSSR count). The summed E-state index contributed by atoms with van der Waals surface area (Å²) in [5.74, 6) is 0. The molecule has 0 saturated heterocycles. The van der Waals surface area contributed by atoms with E-state index in [4.69, 9.17) is 5.11 Å². The van der Waals surface area contributed by atoms with Crippen LogP contribution in [-0.2, 0) is 6.42 Å². The Hall–Kier alpha value is -1.55. The molecule has 0 aliphatic rings. The molecule has 1 aromatic carbocycles. The molecule has 0 heterocycles. The van der Waals surface area contributed by atoms with Crippen LogP contribution in [-0.4, -0.2) is 30.3 Å². The summed E-state index contributed by atoms with van der Waals surface area (Å²) >= 11 is 0. The standard InChI is InChI=1S/C14H22N2O2/c1-10-6-11(2)8-13(7-10)9-12(3)16-14(18)15-4-5-17/h6-8,12,17H,4-5,9H2,1-3H3,(H2,15,16,18). The van der Waals surface area contributed by atoms with Gasteiger partial charge in [0.1, 0.15) is 0 Å². The largest absolute Gasteiger partial charge is 0.395 e. The summed E-state index contributed by atoms with van der Waals surface area (Å²) in [5, 5.41) is 14.0. The summed E-state index contributed by atoms with van der Waals surface area (Å²) in [6, 6.07) is 6.23. The molecular weight excluding hydrogens is 228 g/mol. The SMILES string of the molecule is Cc1cc(C)cc(CC(C)NC(=O)NCCO)c1. The molecular formula is C14H22N2O2. The number of urea groups is 1. The van der Waals surface area contributed by atoms with Gasteiger partial charge in [0, 0.05) is 12.6 Å². The third-order valence-corrected chi connectivity index (χ3v) is 2.60. The van der Waals surface area contributed by atoms with E-state index in [1.807, 2.05) is 6.92 Å². The molecule has 0 aromatic heterocycles. The van der Waals surface area contributed by atoms with Crippen LogP contribution < -0.4 is 10.6 Å². The summed E-state index contributed by atoms with van der Waals surface area (Å²) < 4.78 is 0. The molecule has 0 bridgehead atoms. The van der Waals surface area contributed by atoms with Crippen LogP contribution in [0.1, 0.15) is 23.6 Å². The zero-order chi connectivity index (χ0) is 13.5. The van der Waals surface area contributed by atoms with Gasteiger partial charge in [0.15, 0.2) is 0 Å². The Morgan fingerprint density at radius 3 is 2.44 bits per heavy atom. The molecule has 0 aliphatic heterocycles. The number of amides is 2. The van der Waals surface area contributed by atoms with Crippen LogP contribution in [0.4, 0.5) is 4.79 Å². The van der Waals surface area contributed by atoms with Crippen molar-refractivity contribution in [2.45, 2.75) is 33.2 Å². The highest BCUT2D eigenvalue weighted by atomic mass is 16.3. The van der Waals surface area contributed by atoms with Gasteiger partial charge in [0.25, 0.3) is 0 Å². The van der Waals surface area contributed by atoms with Crippen LogP contribution in [0.2, 0.25) is 0 Å². The van der Waals surface area contributed by atoms with Gasteiger partial charge in [-0.15, -0.1) is 0 Å².